The fourth-order valence-electron chi connectivity index (χ4n) is 2.02. The maximum absolute atomic E-state index is 13.1. The molecule has 2 atom stereocenters. The predicted molar refractivity (Wildman–Crippen MR) is 72.0 cm³/mol. The van der Waals surface area contributed by atoms with E-state index >= 15 is 0 Å². The van der Waals surface area contributed by atoms with Gasteiger partial charge in [-0.05, 0) is 31.5 Å². The molecule has 0 radical (unpaired) electrons. The minimum absolute atomic E-state index is 0.0632. The number of rotatable bonds is 3. The second-order valence-corrected chi connectivity index (χ2v) is 5.02. The number of hydrogen-bond donors (Lipinski definition) is 2. The number of nitrogens with zero attached hydrogens (tertiary/aromatic N) is 1. The van der Waals surface area contributed by atoms with Gasteiger partial charge < -0.3 is 15.3 Å². The Bertz CT molecular complexity index is 550. The minimum Gasteiger partial charge on any atom is -0.384 e. The average Bonchev–Trinajstić information content (AvgIpc) is 2.74. The topological polar surface area (TPSA) is 69.6 Å². The SMILES string of the molecule is C[C@H](O)C(=O)N[C@H]1CCN(c2ccc(F)c(Cl)c2)C1=O. The number of benzene rings is 1. The van der Waals surface area contributed by atoms with Crippen LogP contribution in [-0.4, -0.2) is 35.6 Å². The number of hydrogen-bond acceptors (Lipinski definition) is 3. The number of aliphatic hydroxyl groups excluding tert-OH is 1. The third kappa shape index (κ3) is 2.91. The molecule has 2 N–H and O–H groups in total. The maximum Gasteiger partial charge on any atom is 0.249 e. The quantitative estimate of drug-likeness (QED) is 0.877. The van der Waals surface area contributed by atoms with E-state index in [0.29, 0.717) is 18.7 Å². The van der Waals surface area contributed by atoms with Gasteiger partial charge in [-0.2, -0.15) is 0 Å². The van der Waals surface area contributed by atoms with Crippen LogP contribution in [-0.2, 0) is 9.59 Å². The summed E-state index contributed by atoms with van der Waals surface area (Å²) in [4.78, 5) is 25.0. The van der Waals surface area contributed by atoms with Crippen LogP contribution in [0.4, 0.5) is 10.1 Å². The molecular formula is C13H14ClFN2O3. The minimum atomic E-state index is -1.17. The van der Waals surface area contributed by atoms with Gasteiger partial charge in [0.05, 0.1) is 5.02 Å². The zero-order chi connectivity index (χ0) is 14.9. The summed E-state index contributed by atoms with van der Waals surface area (Å²) in [5.41, 5.74) is 0.482. The first-order valence-corrected chi connectivity index (χ1v) is 6.53. The summed E-state index contributed by atoms with van der Waals surface area (Å²) < 4.78 is 13.1. The predicted octanol–water partition coefficient (Wildman–Crippen LogP) is 1.08. The van der Waals surface area contributed by atoms with E-state index in [1.807, 2.05) is 0 Å². The first-order valence-electron chi connectivity index (χ1n) is 6.15. The normalized spacial score (nSPS) is 20.1. The summed E-state index contributed by atoms with van der Waals surface area (Å²) >= 11 is 5.69. The third-order valence-corrected chi connectivity index (χ3v) is 3.41. The van der Waals surface area contributed by atoms with Crippen molar-refractivity contribution in [2.75, 3.05) is 11.4 Å². The van der Waals surface area contributed by atoms with Crippen LogP contribution in [0.5, 0.6) is 0 Å². The molecule has 1 aliphatic rings. The molecule has 0 spiro atoms. The Balaban J connectivity index is 2.11. The lowest BCUT2D eigenvalue weighted by molar-refractivity contribution is -0.131. The van der Waals surface area contributed by atoms with Crippen molar-refractivity contribution in [3.63, 3.8) is 0 Å². The summed E-state index contributed by atoms with van der Waals surface area (Å²) in [5.74, 6) is -1.45. The molecule has 0 unspecified atom stereocenters. The van der Waals surface area contributed by atoms with Crippen molar-refractivity contribution >= 4 is 29.1 Å². The average molecular weight is 301 g/mol. The Morgan fingerprint density at radius 2 is 2.30 bits per heavy atom. The van der Waals surface area contributed by atoms with E-state index < -0.39 is 23.9 Å². The van der Waals surface area contributed by atoms with Crippen molar-refractivity contribution in [1.82, 2.24) is 5.32 Å². The summed E-state index contributed by atoms with van der Waals surface area (Å²) in [6.07, 6.45) is -0.746. The fourth-order valence-corrected chi connectivity index (χ4v) is 2.19. The van der Waals surface area contributed by atoms with Gasteiger partial charge in [-0.1, -0.05) is 11.6 Å². The van der Waals surface area contributed by atoms with Crippen LogP contribution < -0.4 is 10.2 Å². The fraction of sp³-hybridized carbons (Fsp3) is 0.385. The van der Waals surface area contributed by atoms with Gasteiger partial charge in [0.15, 0.2) is 0 Å². The molecular weight excluding hydrogens is 287 g/mol. The van der Waals surface area contributed by atoms with Crippen molar-refractivity contribution < 1.29 is 19.1 Å². The molecule has 108 valence electrons. The van der Waals surface area contributed by atoms with Gasteiger partial charge in [0.1, 0.15) is 18.0 Å². The molecule has 1 fully saturated rings. The lowest BCUT2D eigenvalue weighted by Crippen LogP contribution is -2.44. The summed E-state index contributed by atoms with van der Waals surface area (Å²) in [7, 11) is 0. The van der Waals surface area contributed by atoms with Gasteiger partial charge in [-0.3, -0.25) is 9.59 Å². The van der Waals surface area contributed by atoms with E-state index in [4.69, 9.17) is 16.7 Å². The van der Waals surface area contributed by atoms with Gasteiger partial charge in [-0.15, -0.1) is 0 Å². The zero-order valence-corrected chi connectivity index (χ0v) is 11.5. The first-order chi connectivity index (χ1) is 9.40. The molecule has 0 aromatic heterocycles. The van der Waals surface area contributed by atoms with Gasteiger partial charge in [0.25, 0.3) is 0 Å². The summed E-state index contributed by atoms with van der Waals surface area (Å²) in [5, 5.41) is 11.5. The highest BCUT2D eigenvalue weighted by Gasteiger charge is 2.34. The van der Waals surface area contributed by atoms with Gasteiger partial charge in [0.2, 0.25) is 11.8 Å². The standard InChI is InChI=1S/C13H14ClFN2O3/c1-7(18)12(19)16-11-4-5-17(13(11)20)8-2-3-10(15)9(14)6-8/h2-3,6-7,11,18H,4-5H2,1H3,(H,16,19)/t7-,11-/m0/s1. The Kier molecular flexibility index (Phi) is 4.25. The third-order valence-electron chi connectivity index (χ3n) is 3.12. The first kappa shape index (κ1) is 14.7. The molecule has 1 aromatic rings. The highest BCUT2D eigenvalue weighted by Crippen LogP contribution is 2.26. The smallest absolute Gasteiger partial charge is 0.249 e. The van der Waals surface area contributed by atoms with Gasteiger partial charge in [0, 0.05) is 12.2 Å². The van der Waals surface area contributed by atoms with Crippen LogP contribution in [0, 0.1) is 5.82 Å². The van der Waals surface area contributed by atoms with Crippen LogP contribution in [0.25, 0.3) is 0 Å². The molecule has 1 aliphatic heterocycles. The molecule has 5 nitrogen and oxygen atoms in total. The Morgan fingerprint density at radius 1 is 1.60 bits per heavy atom. The van der Waals surface area contributed by atoms with Crippen LogP contribution in [0.2, 0.25) is 5.02 Å². The highest BCUT2D eigenvalue weighted by molar-refractivity contribution is 6.31. The van der Waals surface area contributed by atoms with E-state index in [1.165, 1.54) is 30.0 Å². The highest BCUT2D eigenvalue weighted by atomic mass is 35.5. The van der Waals surface area contributed by atoms with E-state index in [2.05, 4.69) is 5.32 Å². The number of amides is 2. The molecule has 1 saturated heterocycles. The van der Waals surface area contributed by atoms with Crippen LogP contribution in [0.15, 0.2) is 18.2 Å². The van der Waals surface area contributed by atoms with Crippen molar-refractivity contribution in [3.05, 3.63) is 29.0 Å². The van der Waals surface area contributed by atoms with Crippen molar-refractivity contribution in [3.8, 4) is 0 Å². The van der Waals surface area contributed by atoms with Crippen molar-refractivity contribution in [1.29, 1.82) is 0 Å². The number of carbonyl (C=O) groups is 2. The molecule has 20 heavy (non-hydrogen) atoms. The van der Waals surface area contributed by atoms with Gasteiger partial charge >= 0.3 is 0 Å². The molecule has 7 heteroatoms. The summed E-state index contributed by atoms with van der Waals surface area (Å²) in [6, 6.07) is 3.33. The largest absolute Gasteiger partial charge is 0.384 e. The second-order valence-electron chi connectivity index (χ2n) is 4.61. The molecule has 1 heterocycles. The monoisotopic (exact) mass is 300 g/mol. The number of nitrogens with one attached hydrogen (secondary N) is 1. The van der Waals surface area contributed by atoms with Crippen LogP contribution in [0.3, 0.4) is 0 Å². The Hall–Kier alpha value is -1.66. The van der Waals surface area contributed by atoms with E-state index in [1.54, 1.807) is 0 Å². The molecule has 0 saturated carbocycles. The van der Waals surface area contributed by atoms with Gasteiger partial charge in [-0.25, -0.2) is 4.39 Å². The van der Waals surface area contributed by atoms with E-state index in [9.17, 15) is 14.0 Å². The number of aliphatic hydroxyl groups is 1. The number of anilines is 1. The second kappa shape index (κ2) is 5.76. The molecule has 0 aliphatic carbocycles. The van der Waals surface area contributed by atoms with Crippen LogP contribution >= 0.6 is 11.6 Å². The van der Waals surface area contributed by atoms with E-state index in [-0.39, 0.29) is 10.9 Å². The molecule has 2 amide bonds. The van der Waals surface area contributed by atoms with Crippen molar-refractivity contribution in [2.24, 2.45) is 0 Å². The molecule has 1 aromatic carbocycles. The van der Waals surface area contributed by atoms with E-state index in [0.717, 1.165) is 0 Å². The maximum atomic E-state index is 13.1. The molecule has 0 bridgehead atoms. The lowest BCUT2D eigenvalue weighted by atomic mass is 10.2. The Labute approximate surface area is 120 Å². The van der Waals surface area contributed by atoms with Crippen LogP contribution in [0.1, 0.15) is 13.3 Å². The lowest BCUT2D eigenvalue weighted by Gasteiger charge is -2.18. The zero-order valence-electron chi connectivity index (χ0n) is 10.8. The Morgan fingerprint density at radius 3 is 2.90 bits per heavy atom. The van der Waals surface area contributed by atoms with Crippen molar-refractivity contribution in [2.45, 2.75) is 25.5 Å². The number of halogens is 2. The molecule has 2 rings (SSSR count). The summed E-state index contributed by atoms with van der Waals surface area (Å²) in [6.45, 7) is 1.72. The number of carbonyl (C=O) groups excluding carboxylic acids is 2.